The Morgan fingerprint density at radius 2 is 1.88 bits per heavy atom. The molecular weight excluding hydrogens is 365 g/mol. The van der Waals surface area contributed by atoms with Crippen LogP contribution in [-0.4, -0.2) is 9.78 Å². The zero-order chi connectivity index (χ0) is 17.1. The first-order valence-electron chi connectivity index (χ1n) is 8.86. The lowest BCUT2D eigenvalue weighted by Gasteiger charge is -2.24. The van der Waals surface area contributed by atoms with Crippen molar-refractivity contribution in [2.75, 3.05) is 0 Å². The zero-order valence-corrected chi connectivity index (χ0v) is 16.1. The van der Waals surface area contributed by atoms with Gasteiger partial charge in [0.1, 0.15) is 0 Å². The van der Waals surface area contributed by atoms with Crippen molar-refractivity contribution in [2.24, 2.45) is 0 Å². The molecule has 3 nitrogen and oxygen atoms in total. The molecule has 0 saturated heterocycles. The van der Waals surface area contributed by atoms with Crippen LogP contribution in [0.15, 0.2) is 60.8 Å². The summed E-state index contributed by atoms with van der Waals surface area (Å²) < 4.78 is 2.16. The maximum Gasteiger partial charge on any atom is 0.0662 e. The lowest BCUT2D eigenvalue weighted by molar-refractivity contribution is 0.449. The number of fused-ring (bicyclic) bond motifs is 1. The lowest BCUT2D eigenvalue weighted by atomic mass is 9.92. The summed E-state index contributed by atoms with van der Waals surface area (Å²) in [4.78, 5) is 0. The third-order valence-electron chi connectivity index (χ3n) is 4.88. The summed E-state index contributed by atoms with van der Waals surface area (Å²) in [6, 6.07) is 19.0. The van der Waals surface area contributed by atoms with Crippen LogP contribution in [-0.2, 0) is 19.5 Å². The predicted octanol–water partition coefficient (Wildman–Crippen LogP) is 5.17. The van der Waals surface area contributed by atoms with E-state index in [0.717, 1.165) is 31.0 Å². The SMILES string of the molecule is Cl.Clc1cccc(CNC2CCCc3c2cnn3Cc2ccccc2)c1. The van der Waals surface area contributed by atoms with Gasteiger partial charge in [-0.1, -0.05) is 54.1 Å². The van der Waals surface area contributed by atoms with Crippen LogP contribution in [0.5, 0.6) is 0 Å². The molecule has 4 rings (SSSR count). The highest BCUT2D eigenvalue weighted by molar-refractivity contribution is 6.30. The molecule has 0 fully saturated rings. The van der Waals surface area contributed by atoms with E-state index in [-0.39, 0.29) is 12.4 Å². The van der Waals surface area contributed by atoms with Crippen molar-refractivity contribution in [3.8, 4) is 0 Å². The fraction of sp³-hybridized carbons (Fsp3) is 0.286. The van der Waals surface area contributed by atoms with Gasteiger partial charge in [-0.25, -0.2) is 0 Å². The average Bonchev–Trinajstić information content (AvgIpc) is 3.04. The largest absolute Gasteiger partial charge is 0.306 e. The number of benzene rings is 2. The summed E-state index contributed by atoms with van der Waals surface area (Å²) in [6.45, 7) is 1.67. The van der Waals surface area contributed by atoms with Crippen LogP contribution in [0.3, 0.4) is 0 Å². The molecule has 0 spiro atoms. The monoisotopic (exact) mass is 387 g/mol. The minimum atomic E-state index is 0. The number of halogens is 2. The van der Waals surface area contributed by atoms with E-state index in [2.05, 4.69) is 51.5 Å². The van der Waals surface area contributed by atoms with Gasteiger partial charge in [0.25, 0.3) is 0 Å². The first-order valence-corrected chi connectivity index (χ1v) is 9.24. The van der Waals surface area contributed by atoms with E-state index >= 15 is 0 Å². The topological polar surface area (TPSA) is 29.9 Å². The minimum absolute atomic E-state index is 0. The van der Waals surface area contributed by atoms with Gasteiger partial charge in [0.2, 0.25) is 0 Å². The van der Waals surface area contributed by atoms with E-state index < -0.39 is 0 Å². The van der Waals surface area contributed by atoms with Gasteiger partial charge in [-0.2, -0.15) is 5.10 Å². The maximum atomic E-state index is 6.09. The van der Waals surface area contributed by atoms with Crippen LogP contribution in [0.1, 0.15) is 41.3 Å². The van der Waals surface area contributed by atoms with Crippen molar-refractivity contribution < 1.29 is 0 Å². The van der Waals surface area contributed by atoms with Crippen LogP contribution in [0, 0.1) is 0 Å². The summed E-state index contributed by atoms with van der Waals surface area (Å²) in [5.41, 5.74) is 5.24. The van der Waals surface area contributed by atoms with Gasteiger partial charge in [0.15, 0.2) is 0 Å². The van der Waals surface area contributed by atoms with Gasteiger partial charge in [0, 0.05) is 28.9 Å². The number of aromatic nitrogens is 2. The summed E-state index contributed by atoms with van der Waals surface area (Å²) in [5, 5.41) is 9.15. The highest BCUT2D eigenvalue weighted by atomic mass is 35.5. The quantitative estimate of drug-likeness (QED) is 0.653. The minimum Gasteiger partial charge on any atom is -0.306 e. The van der Waals surface area contributed by atoms with Crippen LogP contribution in [0.4, 0.5) is 0 Å². The van der Waals surface area contributed by atoms with Gasteiger partial charge in [-0.3, -0.25) is 4.68 Å². The smallest absolute Gasteiger partial charge is 0.0662 e. The first-order chi connectivity index (χ1) is 12.3. The lowest BCUT2D eigenvalue weighted by Crippen LogP contribution is -2.25. The van der Waals surface area contributed by atoms with E-state index in [1.54, 1.807) is 0 Å². The third-order valence-corrected chi connectivity index (χ3v) is 5.11. The Labute approximate surface area is 165 Å². The molecule has 1 aliphatic rings. The highest BCUT2D eigenvalue weighted by Gasteiger charge is 2.23. The molecule has 26 heavy (non-hydrogen) atoms. The van der Waals surface area contributed by atoms with E-state index in [9.17, 15) is 0 Å². The Balaban J connectivity index is 0.00000196. The van der Waals surface area contributed by atoms with Gasteiger partial charge < -0.3 is 5.32 Å². The predicted molar refractivity (Wildman–Crippen MR) is 109 cm³/mol. The molecule has 5 heteroatoms. The summed E-state index contributed by atoms with van der Waals surface area (Å²) in [5.74, 6) is 0. The Hall–Kier alpha value is -1.81. The summed E-state index contributed by atoms with van der Waals surface area (Å²) >= 11 is 6.09. The molecule has 2 aromatic carbocycles. The molecule has 1 atom stereocenters. The third kappa shape index (κ3) is 4.29. The van der Waals surface area contributed by atoms with Crippen molar-refractivity contribution in [2.45, 2.75) is 38.4 Å². The molecule has 1 N–H and O–H groups in total. The fourth-order valence-corrected chi connectivity index (χ4v) is 3.82. The van der Waals surface area contributed by atoms with Crippen LogP contribution < -0.4 is 5.32 Å². The number of rotatable bonds is 5. The maximum absolute atomic E-state index is 6.09. The standard InChI is InChI=1S/C21H22ClN3.ClH/c22-18-9-4-8-17(12-18)13-23-20-10-5-11-21-19(20)14-24-25(21)15-16-6-2-1-3-7-16;/h1-4,6-9,12,14,20,23H,5,10-11,13,15H2;1H. The van der Waals surface area contributed by atoms with Gasteiger partial charge in [-0.05, 0) is 42.5 Å². The molecule has 0 bridgehead atoms. The second-order valence-corrected chi connectivity index (χ2v) is 7.08. The van der Waals surface area contributed by atoms with Crippen molar-refractivity contribution in [3.63, 3.8) is 0 Å². The number of nitrogens with zero attached hydrogens (tertiary/aromatic N) is 2. The van der Waals surface area contributed by atoms with Gasteiger partial charge in [0.05, 0.1) is 12.7 Å². The van der Waals surface area contributed by atoms with Crippen LogP contribution >= 0.6 is 24.0 Å². The molecule has 1 aliphatic carbocycles. The highest BCUT2D eigenvalue weighted by Crippen LogP contribution is 2.30. The molecule has 0 aliphatic heterocycles. The Bertz CT molecular complexity index is 845. The molecule has 1 heterocycles. The van der Waals surface area contributed by atoms with Crippen molar-refractivity contribution >= 4 is 24.0 Å². The Kier molecular flexibility index (Phi) is 6.36. The van der Waals surface area contributed by atoms with E-state index in [4.69, 9.17) is 11.6 Å². The van der Waals surface area contributed by atoms with Crippen molar-refractivity contribution in [1.82, 2.24) is 15.1 Å². The molecule has 136 valence electrons. The summed E-state index contributed by atoms with van der Waals surface area (Å²) in [7, 11) is 0. The van der Waals surface area contributed by atoms with E-state index in [0.29, 0.717) is 6.04 Å². The normalized spacial score (nSPS) is 16.0. The van der Waals surface area contributed by atoms with Crippen LogP contribution in [0.2, 0.25) is 5.02 Å². The van der Waals surface area contributed by atoms with Gasteiger partial charge in [-0.15, -0.1) is 12.4 Å². The Morgan fingerprint density at radius 3 is 2.69 bits per heavy atom. The molecule has 1 aromatic heterocycles. The number of hydrogen-bond acceptors (Lipinski definition) is 2. The second-order valence-electron chi connectivity index (χ2n) is 6.65. The molecule has 3 aromatic rings. The average molecular weight is 388 g/mol. The first kappa shape index (κ1) is 19.0. The number of nitrogens with one attached hydrogen (secondary N) is 1. The molecule has 0 saturated carbocycles. The molecular formula is C21H23Cl2N3. The second kappa shape index (κ2) is 8.72. The van der Waals surface area contributed by atoms with Crippen molar-refractivity contribution in [3.05, 3.63) is 88.2 Å². The van der Waals surface area contributed by atoms with Crippen LogP contribution in [0.25, 0.3) is 0 Å². The molecule has 0 radical (unpaired) electrons. The van der Waals surface area contributed by atoms with Crippen molar-refractivity contribution in [1.29, 1.82) is 0 Å². The van der Waals surface area contributed by atoms with Gasteiger partial charge >= 0.3 is 0 Å². The summed E-state index contributed by atoms with van der Waals surface area (Å²) in [6.07, 6.45) is 5.51. The van der Waals surface area contributed by atoms with E-state index in [1.807, 2.05) is 24.4 Å². The molecule has 1 unspecified atom stereocenters. The fourth-order valence-electron chi connectivity index (χ4n) is 3.61. The zero-order valence-electron chi connectivity index (χ0n) is 14.6. The molecule has 0 amide bonds. The van der Waals surface area contributed by atoms with E-state index in [1.165, 1.54) is 28.8 Å². The Morgan fingerprint density at radius 1 is 1.08 bits per heavy atom. The number of hydrogen-bond donors (Lipinski definition) is 1.